The Hall–Kier alpha value is -3.31. The molecule has 3 rings (SSSR count). The number of nitrogens with one attached hydrogen (secondary N) is 3. The fourth-order valence-electron chi connectivity index (χ4n) is 2.36. The number of aromatic nitrogens is 4. The first-order chi connectivity index (χ1) is 12.4. The minimum Gasteiger partial charge on any atom is -0.453 e. The monoisotopic (exact) mass is 370 g/mol. The number of aryl methyl sites for hydroxylation is 2. The van der Waals surface area contributed by atoms with Crippen LogP contribution in [0.2, 0.25) is 5.02 Å². The van der Waals surface area contributed by atoms with Gasteiger partial charge in [0, 0.05) is 16.8 Å². The molecule has 9 heteroatoms. The fraction of sp³-hybridized carbons (Fsp3) is 0.176. The number of nitriles is 1. The maximum absolute atomic E-state index is 11.5. The number of halogens is 1. The van der Waals surface area contributed by atoms with Gasteiger partial charge in [-0.25, -0.2) is 0 Å². The predicted molar refractivity (Wildman–Crippen MR) is 96.5 cm³/mol. The smallest absolute Gasteiger partial charge is 0.274 e. The van der Waals surface area contributed by atoms with Crippen molar-refractivity contribution in [2.45, 2.75) is 20.4 Å². The second-order valence-corrected chi connectivity index (χ2v) is 6.05. The van der Waals surface area contributed by atoms with Gasteiger partial charge in [-0.2, -0.15) is 15.3 Å². The summed E-state index contributed by atoms with van der Waals surface area (Å²) in [4.78, 5) is 18.3. The van der Waals surface area contributed by atoms with Crippen LogP contribution in [0.5, 0.6) is 11.5 Å². The van der Waals surface area contributed by atoms with E-state index in [2.05, 4.69) is 25.5 Å². The Balaban J connectivity index is 1.82. The number of hydrogen-bond acceptors (Lipinski definition) is 6. The summed E-state index contributed by atoms with van der Waals surface area (Å²) in [6.07, 6.45) is 0. The molecule has 1 aromatic carbocycles. The van der Waals surface area contributed by atoms with Crippen LogP contribution in [-0.4, -0.2) is 20.2 Å². The van der Waals surface area contributed by atoms with E-state index in [9.17, 15) is 4.79 Å². The summed E-state index contributed by atoms with van der Waals surface area (Å²) in [5.41, 5.74) is 2.07. The van der Waals surface area contributed by atoms with Gasteiger partial charge in [-0.05, 0) is 32.0 Å². The highest BCUT2D eigenvalue weighted by Gasteiger charge is 2.14. The SMILES string of the molecule is Cc1cc(=O)nc(NCc2[nH]nc(C)c2Oc2cc(Cl)cc(C#N)c2)[nH]1. The predicted octanol–water partition coefficient (Wildman–Crippen LogP) is 3.04. The molecule has 3 N–H and O–H groups in total. The number of hydrogen-bond donors (Lipinski definition) is 3. The van der Waals surface area contributed by atoms with Crippen LogP contribution in [0.3, 0.4) is 0 Å². The lowest BCUT2D eigenvalue weighted by Crippen LogP contribution is -2.13. The summed E-state index contributed by atoms with van der Waals surface area (Å²) in [6.45, 7) is 3.86. The maximum Gasteiger partial charge on any atom is 0.274 e. The van der Waals surface area contributed by atoms with Gasteiger partial charge in [0.05, 0.1) is 23.9 Å². The number of aromatic amines is 2. The molecule has 3 aromatic rings. The van der Waals surface area contributed by atoms with E-state index >= 15 is 0 Å². The topological polar surface area (TPSA) is 119 Å². The Bertz CT molecular complexity index is 1050. The number of H-pyrrole nitrogens is 2. The summed E-state index contributed by atoms with van der Waals surface area (Å²) in [6, 6.07) is 8.20. The molecule has 0 aliphatic rings. The van der Waals surface area contributed by atoms with Gasteiger partial charge in [-0.1, -0.05) is 11.6 Å². The Morgan fingerprint density at radius 3 is 2.85 bits per heavy atom. The zero-order chi connectivity index (χ0) is 18.7. The van der Waals surface area contributed by atoms with Gasteiger partial charge in [-0.15, -0.1) is 0 Å². The lowest BCUT2D eigenvalue weighted by Gasteiger charge is -2.09. The first-order valence-corrected chi connectivity index (χ1v) is 8.06. The molecule has 0 saturated carbocycles. The van der Waals surface area contributed by atoms with Gasteiger partial charge in [-0.3, -0.25) is 9.89 Å². The van der Waals surface area contributed by atoms with E-state index in [-0.39, 0.29) is 5.56 Å². The molecule has 0 radical (unpaired) electrons. The molecule has 0 atom stereocenters. The number of ether oxygens (including phenoxy) is 1. The average molecular weight is 371 g/mol. The normalized spacial score (nSPS) is 10.4. The van der Waals surface area contributed by atoms with E-state index < -0.39 is 0 Å². The summed E-state index contributed by atoms with van der Waals surface area (Å²) < 4.78 is 5.88. The molecule has 0 aliphatic carbocycles. The fourth-order valence-corrected chi connectivity index (χ4v) is 2.59. The molecular formula is C17H15ClN6O2. The van der Waals surface area contributed by atoms with E-state index in [0.717, 1.165) is 0 Å². The number of benzene rings is 1. The van der Waals surface area contributed by atoms with Gasteiger partial charge in [0.15, 0.2) is 5.75 Å². The Morgan fingerprint density at radius 2 is 2.12 bits per heavy atom. The van der Waals surface area contributed by atoms with Crippen molar-refractivity contribution in [2.75, 3.05) is 5.32 Å². The molecule has 2 aromatic heterocycles. The molecule has 8 nitrogen and oxygen atoms in total. The van der Waals surface area contributed by atoms with Crippen molar-refractivity contribution >= 4 is 17.5 Å². The van der Waals surface area contributed by atoms with Gasteiger partial charge in [0.2, 0.25) is 5.95 Å². The van der Waals surface area contributed by atoms with Crippen LogP contribution >= 0.6 is 11.6 Å². The minimum atomic E-state index is -0.330. The number of rotatable bonds is 5. The van der Waals surface area contributed by atoms with Crippen LogP contribution in [0.15, 0.2) is 29.1 Å². The lowest BCUT2D eigenvalue weighted by atomic mass is 10.2. The zero-order valence-electron chi connectivity index (χ0n) is 14.1. The van der Waals surface area contributed by atoms with Crippen LogP contribution in [0.4, 0.5) is 5.95 Å². The Morgan fingerprint density at radius 1 is 1.31 bits per heavy atom. The van der Waals surface area contributed by atoms with E-state index in [0.29, 0.717) is 51.7 Å². The van der Waals surface area contributed by atoms with Crippen molar-refractivity contribution in [2.24, 2.45) is 0 Å². The second-order valence-electron chi connectivity index (χ2n) is 5.61. The molecule has 26 heavy (non-hydrogen) atoms. The number of nitrogens with zero attached hydrogens (tertiary/aromatic N) is 3. The van der Waals surface area contributed by atoms with Crippen LogP contribution in [0.1, 0.15) is 22.6 Å². The van der Waals surface area contributed by atoms with Crippen LogP contribution < -0.4 is 15.6 Å². The highest BCUT2D eigenvalue weighted by molar-refractivity contribution is 6.30. The maximum atomic E-state index is 11.5. The molecular weight excluding hydrogens is 356 g/mol. The van der Waals surface area contributed by atoms with Gasteiger partial charge in [0.1, 0.15) is 11.4 Å². The lowest BCUT2D eigenvalue weighted by molar-refractivity contribution is 0.473. The van der Waals surface area contributed by atoms with Crippen molar-refractivity contribution in [1.82, 2.24) is 20.2 Å². The summed E-state index contributed by atoms with van der Waals surface area (Å²) in [5.74, 6) is 1.29. The van der Waals surface area contributed by atoms with Crippen molar-refractivity contribution in [3.63, 3.8) is 0 Å². The van der Waals surface area contributed by atoms with Gasteiger partial charge in [0.25, 0.3) is 5.56 Å². The molecule has 0 bridgehead atoms. The molecule has 0 fully saturated rings. The van der Waals surface area contributed by atoms with Crippen LogP contribution in [0.25, 0.3) is 0 Å². The largest absolute Gasteiger partial charge is 0.453 e. The molecule has 0 saturated heterocycles. The van der Waals surface area contributed by atoms with E-state index in [4.69, 9.17) is 21.6 Å². The van der Waals surface area contributed by atoms with E-state index in [1.54, 1.807) is 32.0 Å². The molecule has 2 heterocycles. The standard InChI is InChI=1S/C17H15ClN6O2/c1-9-3-15(25)22-17(21-9)20-8-14-16(10(2)23-24-14)26-13-5-11(7-19)4-12(18)6-13/h3-6H,8H2,1-2H3,(H,23,24)(H2,20,21,22,25). The molecule has 0 spiro atoms. The Kier molecular flexibility index (Phi) is 4.91. The highest BCUT2D eigenvalue weighted by atomic mass is 35.5. The van der Waals surface area contributed by atoms with Crippen molar-refractivity contribution in [1.29, 1.82) is 5.26 Å². The third kappa shape index (κ3) is 4.02. The third-order valence-electron chi connectivity index (χ3n) is 3.49. The van der Waals surface area contributed by atoms with Crippen molar-refractivity contribution < 1.29 is 4.74 Å². The first kappa shape index (κ1) is 17.5. The summed E-state index contributed by atoms with van der Waals surface area (Å²) in [7, 11) is 0. The first-order valence-electron chi connectivity index (χ1n) is 7.69. The average Bonchev–Trinajstić information content (AvgIpc) is 2.92. The summed E-state index contributed by atoms with van der Waals surface area (Å²) in [5, 5.41) is 19.5. The van der Waals surface area contributed by atoms with Crippen molar-refractivity contribution in [3.05, 3.63) is 62.3 Å². The number of anilines is 1. The molecule has 132 valence electrons. The quantitative estimate of drug-likeness (QED) is 0.635. The van der Waals surface area contributed by atoms with Crippen molar-refractivity contribution in [3.8, 4) is 17.6 Å². The summed E-state index contributed by atoms with van der Waals surface area (Å²) >= 11 is 6.01. The molecule has 0 unspecified atom stereocenters. The minimum absolute atomic E-state index is 0.300. The Labute approximate surface area is 153 Å². The van der Waals surface area contributed by atoms with Gasteiger partial charge >= 0.3 is 0 Å². The highest BCUT2D eigenvalue weighted by Crippen LogP contribution is 2.30. The third-order valence-corrected chi connectivity index (χ3v) is 3.71. The zero-order valence-corrected chi connectivity index (χ0v) is 14.8. The second kappa shape index (κ2) is 7.29. The van der Waals surface area contributed by atoms with Crippen LogP contribution in [-0.2, 0) is 6.54 Å². The molecule has 0 amide bonds. The van der Waals surface area contributed by atoms with E-state index in [1.165, 1.54) is 6.07 Å². The molecule has 0 aliphatic heterocycles. The van der Waals surface area contributed by atoms with Crippen LogP contribution in [0, 0.1) is 25.2 Å². The van der Waals surface area contributed by atoms with Gasteiger partial charge < -0.3 is 15.0 Å². The van der Waals surface area contributed by atoms with E-state index in [1.807, 2.05) is 6.07 Å².